The Labute approximate surface area is 151 Å². The molecule has 2 aliphatic rings. The Morgan fingerprint density at radius 1 is 1.12 bits per heavy atom. The molecule has 1 aromatic carbocycles. The first kappa shape index (κ1) is 15.4. The molecule has 1 amide bonds. The Balaban J connectivity index is 1.34. The molecular weight excluding hydrogens is 328 g/mol. The number of carbonyl (C=O) groups is 1. The van der Waals surface area contributed by atoms with Gasteiger partial charge in [0.05, 0.1) is 0 Å². The summed E-state index contributed by atoms with van der Waals surface area (Å²) in [4.78, 5) is 14.9. The molecule has 0 radical (unpaired) electrons. The third-order valence-corrected chi connectivity index (χ3v) is 5.36. The third-order valence-electron chi connectivity index (χ3n) is 5.36. The van der Waals surface area contributed by atoms with Gasteiger partial charge in [-0.1, -0.05) is 24.3 Å². The molecule has 2 aromatic heterocycles. The van der Waals surface area contributed by atoms with Crippen molar-refractivity contribution in [3.63, 3.8) is 0 Å². The predicted molar refractivity (Wildman–Crippen MR) is 96.1 cm³/mol. The molecule has 6 heteroatoms. The average molecular weight is 348 g/mol. The molecule has 0 bridgehead atoms. The minimum atomic E-state index is -0.402. The van der Waals surface area contributed by atoms with Crippen LogP contribution in [0, 0.1) is 0 Å². The highest BCUT2D eigenvalue weighted by Gasteiger charge is 2.35. The van der Waals surface area contributed by atoms with Crippen LogP contribution >= 0.6 is 0 Å². The average Bonchev–Trinajstić information content (AvgIpc) is 3.31. The molecule has 5 rings (SSSR count). The molecule has 6 nitrogen and oxygen atoms in total. The number of fused-ring (bicyclic) bond motifs is 2. The van der Waals surface area contributed by atoms with E-state index in [4.69, 9.17) is 4.74 Å². The number of ether oxygens (including phenoxy) is 1. The van der Waals surface area contributed by atoms with Gasteiger partial charge in [-0.15, -0.1) is 10.2 Å². The van der Waals surface area contributed by atoms with E-state index in [0.717, 1.165) is 42.2 Å². The largest absolute Gasteiger partial charge is 0.480 e. The van der Waals surface area contributed by atoms with Crippen molar-refractivity contribution in [1.29, 1.82) is 0 Å². The molecule has 2 atom stereocenters. The highest BCUT2D eigenvalue weighted by molar-refractivity contribution is 5.82. The fourth-order valence-corrected chi connectivity index (χ4v) is 4.05. The summed E-state index contributed by atoms with van der Waals surface area (Å²) in [7, 11) is 0. The summed E-state index contributed by atoms with van der Waals surface area (Å²) in [5, 5.41) is 8.64. The zero-order valence-corrected chi connectivity index (χ0v) is 14.4. The van der Waals surface area contributed by atoms with Crippen LogP contribution in [0.1, 0.15) is 30.1 Å². The number of hydrogen-bond acceptors (Lipinski definition) is 4. The molecule has 0 aliphatic carbocycles. The lowest BCUT2D eigenvalue weighted by atomic mass is 9.96. The van der Waals surface area contributed by atoms with E-state index in [1.165, 1.54) is 0 Å². The van der Waals surface area contributed by atoms with Crippen LogP contribution in [0.4, 0.5) is 0 Å². The Kier molecular flexibility index (Phi) is 3.62. The number of rotatable bonds is 2. The maximum atomic E-state index is 13.0. The summed E-state index contributed by atoms with van der Waals surface area (Å²) < 4.78 is 7.92. The van der Waals surface area contributed by atoms with Crippen molar-refractivity contribution in [3.05, 3.63) is 60.0 Å². The van der Waals surface area contributed by atoms with Crippen molar-refractivity contribution in [2.24, 2.45) is 0 Å². The van der Waals surface area contributed by atoms with Crippen LogP contribution in [0.5, 0.6) is 5.75 Å². The Morgan fingerprint density at radius 2 is 2.00 bits per heavy atom. The van der Waals surface area contributed by atoms with Gasteiger partial charge in [0.1, 0.15) is 11.6 Å². The van der Waals surface area contributed by atoms with Crippen LogP contribution in [0.2, 0.25) is 0 Å². The van der Waals surface area contributed by atoms with Gasteiger partial charge in [0.25, 0.3) is 5.91 Å². The van der Waals surface area contributed by atoms with Crippen LogP contribution in [0.3, 0.4) is 0 Å². The molecule has 4 heterocycles. The minimum absolute atomic E-state index is 0.0831. The normalized spacial score (nSPS) is 22.2. The molecule has 0 N–H and O–H groups in total. The SMILES string of the molecule is O=C([C@H]1Cc2ccccc2O1)N1CCC[C@H](c2nnc3ccccn23)C1. The van der Waals surface area contributed by atoms with E-state index in [1.54, 1.807) is 0 Å². The van der Waals surface area contributed by atoms with Crippen LogP contribution in [-0.4, -0.2) is 44.6 Å². The smallest absolute Gasteiger partial charge is 0.264 e. The standard InChI is InChI=1S/C20H20N4O2/c25-20(17-12-14-6-1-2-8-16(14)26-17)23-10-5-7-15(13-23)19-22-21-18-9-3-4-11-24(18)19/h1-4,6,8-9,11,15,17H,5,7,10,12-13H2/t15-,17+/m0/s1. The number of pyridine rings is 1. The molecule has 132 valence electrons. The van der Waals surface area contributed by atoms with Gasteiger partial charge in [0.15, 0.2) is 11.8 Å². The van der Waals surface area contributed by atoms with E-state index < -0.39 is 6.10 Å². The van der Waals surface area contributed by atoms with Gasteiger partial charge < -0.3 is 9.64 Å². The fraction of sp³-hybridized carbons (Fsp3) is 0.350. The lowest BCUT2D eigenvalue weighted by Crippen LogP contribution is -2.46. The van der Waals surface area contributed by atoms with Gasteiger partial charge in [-0.2, -0.15) is 0 Å². The second-order valence-electron chi connectivity index (χ2n) is 7.03. The molecule has 0 unspecified atom stereocenters. The first-order valence-electron chi connectivity index (χ1n) is 9.12. The summed E-state index contributed by atoms with van der Waals surface area (Å²) in [6.07, 6.45) is 4.23. The minimum Gasteiger partial charge on any atom is -0.480 e. The van der Waals surface area contributed by atoms with E-state index in [9.17, 15) is 4.79 Å². The Hall–Kier alpha value is -2.89. The van der Waals surface area contributed by atoms with E-state index in [2.05, 4.69) is 10.2 Å². The van der Waals surface area contributed by atoms with E-state index >= 15 is 0 Å². The van der Waals surface area contributed by atoms with E-state index in [-0.39, 0.29) is 11.8 Å². The van der Waals surface area contributed by atoms with Gasteiger partial charge in [-0.05, 0) is 36.6 Å². The third kappa shape index (κ3) is 2.53. The molecule has 0 saturated carbocycles. The van der Waals surface area contributed by atoms with Crippen molar-refractivity contribution in [3.8, 4) is 5.75 Å². The summed E-state index contributed by atoms with van der Waals surface area (Å²) in [6.45, 7) is 1.45. The first-order valence-corrected chi connectivity index (χ1v) is 9.12. The van der Waals surface area contributed by atoms with E-state index in [0.29, 0.717) is 13.0 Å². The number of carbonyl (C=O) groups excluding carboxylic acids is 1. The van der Waals surface area contributed by atoms with Gasteiger partial charge >= 0.3 is 0 Å². The maximum Gasteiger partial charge on any atom is 0.264 e. The van der Waals surface area contributed by atoms with Crippen LogP contribution < -0.4 is 4.74 Å². The van der Waals surface area contributed by atoms with Crippen molar-refractivity contribution >= 4 is 11.6 Å². The molecule has 2 aliphatic heterocycles. The Bertz CT molecular complexity index is 942. The Morgan fingerprint density at radius 3 is 2.92 bits per heavy atom. The van der Waals surface area contributed by atoms with Gasteiger partial charge in [-0.3, -0.25) is 9.20 Å². The number of piperidine rings is 1. The number of nitrogens with zero attached hydrogens (tertiary/aromatic N) is 4. The lowest BCUT2D eigenvalue weighted by molar-refractivity contribution is -0.139. The molecule has 1 fully saturated rings. The summed E-state index contributed by atoms with van der Waals surface area (Å²) in [5.74, 6) is 2.06. The lowest BCUT2D eigenvalue weighted by Gasteiger charge is -2.33. The van der Waals surface area contributed by atoms with E-state index in [1.807, 2.05) is 58.0 Å². The highest BCUT2D eigenvalue weighted by atomic mass is 16.5. The summed E-state index contributed by atoms with van der Waals surface area (Å²) in [5.41, 5.74) is 1.96. The van der Waals surface area contributed by atoms with Gasteiger partial charge in [-0.25, -0.2) is 0 Å². The molecule has 26 heavy (non-hydrogen) atoms. The highest BCUT2D eigenvalue weighted by Crippen LogP contribution is 2.31. The molecule has 1 saturated heterocycles. The fourth-order valence-electron chi connectivity index (χ4n) is 4.05. The van der Waals surface area contributed by atoms with Gasteiger partial charge in [0.2, 0.25) is 0 Å². The topological polar surface area (TPSA) is 59.7 Å². The summed E-state index contributed by atoms with van der Waals surface area (Å²) >= 11 is 0. The number of para-hydroxylation sites is 1. The van der Waals surface area contributed by atoms with Crippen LogP contribution in [-0.2, 0) is 11.2 Å². The van der Waals surface area contributed by atoms with Crippen LogP contribution in [0.15, 0.2) is 48.7 Å². The zero-order valence-electron chi connectivity index (χ0n) is 14.4. The van der Waals surface area contributed by atoms with Crippen LogP contribution in [0.25, 0.3) is 5.65 Å². The molecule has 0 spiro atoms. The van der Waals surface area contributed by atoms with Gasteiger partial charge in [0, 0.05) is 31.6 Å². The molecule has 3 aromatic rings. The number of aromatic nitrogens is 3. The molecular formula is C20H20N4O2. The number of likely N-dealkylation sites (tertiary alicyclic amines) is 1. The maximum absolute atomic E-state index is 13.0. The van der Waals surface area contributed by atoms with Crippen molar-refractivity contribution in [2.75, 3.05) is 13.1 Å². The summed E-state index contributed by atoms with van der Waals surface area (Å²) in [6, 6.07) is 13.8. The quantitative estimate of drug-likeness (QED) is 0.714. The van der Waals surface area contributed by atoms with Crippen molar-refractivity contribution in [1.82, 2.24) is 19.5 Å². The van der Waals surface area contributed by atoms with Crippen molar-refractivity contribution < 1.29 is 9.53 Å². The van der Waals surface area contributed by atoms with Crippen molar-refractivity contribution in [2.45, 2.75) is 31.3 Å². The number of amides is 1. The predicted octanol–water partition coefficient (Wildman–Crippen LogP) is 2.44. The number of hydrogen-bond donors (Lipinski definition) is 0. The second kappa shape index (κ2) is 6.12. The number of benzene rings is 1. The first-order chi connectivity index (χ1) is 12.8. The monoisotopic (exact) mass is 348 g/mol. The zero-order chi connectivity index (χ0) is 17.5. The second-order valence-corrected chi connectivity index (χ2v) is 7.03.